The molecule has 0 bridgehead atoms. The van der Waals surface area contributed by atoms with Crippen LogP contribution in [-0.2, 0) is 16.1 Å². The number of carbonyl (C=O) groups is 1. The van der Waals surface area contributed by atoms with Crippen molar-refractivity contribution < 1.29 is 18.6 Å². The van der Waals surface area contributed by atoms with Crippen LogP contribution in [0.15, 0.2) is 24.4 Å². The van der Waals surface area contributed by atoms with Crippen molar-refractivity contribution in [2.75, 3.05) is 6.54 Å². The summed E-state index contributed by atoms with van der Waals surface area (Å²) in [6, 6.07) is 6.13. The minimum absolute atomic E-state index is 0.0111. The zero-order valence-corrected chi connectivity index (χ0v) is 10.5. The summed E-state index contributed by atoms with van der Waals surface area (Å²) in [4.78, 5) is 11.7. The molecule has 0 spiro atoms. The summed E-state index contributed by atoms with van der Waals surface area (Å²) >= 11 is 0. The molecule has 3 rings (SSSR count). The summed E-state index contributed by atoms with van der Waals surface area (Å²) in [6.07, 6.45) is 1.82. The van der Waals surface area contributed by atoms with Crippen LogP contribution in [0.3, 0.4) is 0 Å². The van der Waals surface area contributed by atoms with Crippen LogP contribution in [0.4, 0.5) is 0 Å². The molecule has 0 N–H and O–H groups in total. The number of ether oxygens (including phenoxy) is 1. The van der Waals surface area contributed by atoms with Gasteiger partial charge < -0.3 is 4.74 Å². The molecule has 0 aliphatic carbocycles. The highest BCUT2D eigenvalue weighted by Gasteiger charge is 2.66. The monoisotopic (exact) mass is 234 g/mol. The van der Waals surface area contributed by atoms with Crippen LogP contribution in [-0.4, -0.2) is 22.5 Å². The average molecular weight is 234 g/mol. The zero-order valence-electron chi connectivity index (χ0n) is 10.5. The van der Waals surface area contributed by atoms with Gasteiger partial charge in [-0.05, 0) is 26.8 Å². The van der Waals surface area contributed by atoms with Crippen molar-refractivity contribution in [1.82, 2.24) is 0 Å². The van der Waals surface area contributed by atoms with Crippen LogP contribution in [0.5, 0.6) is 0 Å². The minimum Gasteiger partial charge on any atom is -0.350 e. The lowest BCUT2D eigenvalue weighted by atomic mass is 10.0. The van der Waals surface area contributed by atoms with Gasteiger partial charge in [0, 0.05) is 12.1 Å². The van der Waals surface area contributed by atoms with E-state index in [0.29, 0.717) is 11.0 Å². The molecule has 0 saturated carbocycles. The van der Waals surface area contributed by atoms with Crippen LogP contribution >= 0.6 is 0 Å². The van der Waals surface area contributed by atoms with Gasteiger partial charge in [0.2, 0.25) is 5.69 Å². The molecule has 1 saturated heterocycles. The maximum absolute atomic E-state index is 11.7. The molecule has 0 aromatic carbocycles. The van der Waals surface area contributed by atoms with E-state index in [1.165, 1.54) is 5.69 Å². The zero-order chi connectivity index (χ0) is 12.3. The maximum atomic E-state index is 11.7. The SMILES string of the molecule is CC(C)(C)[N+]12CC(=O)OC1[n+]1ccccc1C2. The molecule has 2 unspecified atom stereocenters. The fourth-order valence-corrected chi connectivity index (χ4v) is 2.93. The highest BCUT2D eigenvalue weighted by molar-refractivity contribution is 5.71. The standard InChI is InChI=1S/C13H18N2O2/c1-13(2,3)15-8-10-6-4-5-7-14(10)12(15)17-11(16)9-15/h4-7,12H,8-9H2,1-3H3/q+2. The summed E-state index contributed by atoms with van der Waals surface area (Å²) in [5.41, 5.74) is 1.22. The molecule has 2 atom stereocenters. The predicted octanol–water partition coefficient (Wildman–Crippen LogP) is 1.12. The topological polar surface area (TPSA) is 30.2 Å². The van der Waals surface area contributed by atoms with Gasteiger partial charge in [-0.1, -0.05) is 0 Å². The van der Waals surface area contributed by atoms with Gasteiger partial charge in [-0.25, -0.2) is 9.28 Å². The first-order chi connectivity index (χ1) is 7.94. The second-order valence-electron chi connectivity index (χ2n) is 5.94. The Morgan fingerprint density at radius 2 is 2.12 bits per heavy atom. The smallest absolute Gasteiger partial charge is 0.350 e. The van der Waals surface area contributed by atoms with Crippen molar-refractivity contribution in [2.24, 2.45) is 0 Å². The first-order valence-electron chi connectivity index (χ1n) is 5.99. The van der Waals surface area contributed by atoms with Gasteiger partial charge in [-0.15, -0.1) is 4.57 Å². The van der Waals surface area contributed by atoms with Crippen LogP contribution in [0.2, 0.25) is 0 Å². The summed E-state index contributed by atoms with van der Waals surface area (Å²) in [7, 11) is 0. The van der Waals surface area contributed by atoms with E-state index in [2.05, 4.69) is 31.4 Å². The summed E-state index contributed by atoms with van der Waals surface area (Å²) in [5, 5.41) is 0. The van der Waals surface area contributed by atoms with Crippen LogP contribution in [0.25, 0.3) is 0 Å². The predicted molar refractivity (Wildman–Crippen MR) is 60.4 cm³/mol. The molecule has 0 amide bonds. The highest BCUT2D eigenvalue weighted by atomic mass is 16.6. The van der Waals surface area contributed by atoms with Gasteiger partial charge in [0.05, 0.1) is 0 Å². The lowest BCUT2D eigenvalue weighted by molar-refractivity contribution is -1.09. The fraction of sp³-hybridized carbons (Fsp3) is 0.538. The molecule has 1 aromatic heterocycles. The Kier molecular flexibility index (Phi) is 1.94. The molecule has 1 aromatic rings. The van der Waals surface area contributed by atoms with Gasteiger partial charge in [-0.2, -0.15) is 0 Å². The second kappa shape index (κ2) is 3.07. The van der Waals surface area contributed by atoms with E-state index >= 15 is 0 Å². The van der Waals surface area contributed by atoms with Crippen molar-refractivity contribution in [3.63, 3.8) is 0 Å². The van der Waals surface area contributed by atoms with E-state index in [4.69, 9.17) is 4.74 Å². The number of rotatable bonds is 0. The molecule has 1 fully saturated rings. The average Bonchev–Trinajstić information content (AvgIpc) is 2.69. The van der Waals surface area contributed by atoms with E-state index in [1.807, 2.05) is 18.3 Å². The van der Waals surface area contributed by atoms with Crippen molar-refractivity contribution in [3.8, 4) is 0 Å². The number of pyridine rings is 1. The molecule has 0 radical (unpaired) electrons. The van der Waals surface area contributed by atoms with Gasteiger partial charge in [0.15, 0.2) is 19.3 Å². The van der Waals surface area contributed by atoms with Gasteiger partial charge in [-0.3, -0.25) is 0 Å². The third-order valence-electron chi connectivity index (χ3n) is 4.07. The minimum atomic E-state index is -0.182. The fourth-order valence-electron chi connectivity index (χ4n) is 2.93. The molecule has 2 aliphatic heterocycles. The first-order valence-corrected chi connectivity index (χ1v) is 5.99. The highest BCUT2D eigenvalue weighted by Crippen LogP contribution is 2.42. The number of hydrogen-bond acceptors (Lipinski definition) is 2. The Labute approximate surface area is 101 Å². The van der Waals surface area contributed by atoms with Crippen LogP contribution < -0.4 is 4.57 Å². The number of nitrogens with zero attached hydrogens (tertiary/aromatic N) is 2. The number of hydrogen-bond donors (Lipinski definition) is 0. The van der Waals surface area contributed by atoms with E-state index in [1.54, 1.807) is 0 Å². The van der Waals surface area contributed by atoms with E-state index in [0.717, 1.165) is 6.54 Å². The third kappa shape index (κ3) is 1.27. The Balaban J connectivity index is 2.15. The molecular formula is C13H18N2O2+2. The van der Waals surface area contributed by atoms with Crippen molar-refractivity contribution >= 4 is 5.97 Å². The summed E-state index contributed by atoms with van der Waals surface area (Å²) < 4.78 is 8.31. The number of quaternary nitrogens is 1. The summed E-state index contributed by atoms with van der Waals surface area (Å²) in [6.45, 7) is 7.85. The molecule has 17 heavy (non-hydrogen) atoms. The molecule has 90 valence electrons. The molecular weight excluding hydrogens is 216 g/mol. The van der Waals surface area contributed by atoms with Gasteiger partial charge >= 0.3 is 12.3 Å². The Bertz CT molecular complexity index is 492. The lowest BCUT2D eigenvalue weighted by Crippen LogP contribution is -2.60. The van der Waals surface area contributed by atoms with E-state index in [-0.39, 0.29) is 17.9 Å². The maximum Gasteiger partial charge on any atom is 0.448 e. The summed E-state index contributed by atoms with van der Waals surface area (Å²) in [5.74, 6) is -0.0908. The Hall–Kier alpha value is -1.42. The second-order valence-corrected chi connectivity index (χ2v) is 5.94. The molecule has 4 nitrogen and oxygen atoms in total. The van der Waals surface area contributed by atoms with Crippen molar-refractivity contribution in [2.45, 2.75) is 39.2 Å². The number of fused-ring (bicyclic) bond motifs is 3. The number of esters is 1. The molecule has 4 heteroatoms. The van der Waals surface area contributed by atoms with Crippen LogP contribution in [0.1, 0.15) is 32.8 Å². The Morgan fingerprint density at radius 1 is 1.35 bits per heavy atom. The first kappa shape index (κ1) is 10.7. The Morgan fingerprint density at radius 3 is 2.82 bits per heavy atom. The molecule has 2 aliphatic rings. The van der Waals surface area contributed by atoms with E-state index in [9.17, 15) is 4.79 Å². The van der Waals surface area contributed by atoms with E-state index < -0.39 is 0 Å². The van der Waals surface area contributed by atoms with Gasteiger partial charge in [0.25, 0.3) is 0 Å². The lowest BCUT2D eigenvalue weighted by Gasteiger charge is -2.38. The van der Waals surface area contributed by atoms with Crippen molar-refractivity contribution in [3.05, 3.63) is 30.1 Å². The largest absolute Gasteiger partial charge is 0.448 e. The third-order valence-corrected chi connectivity index (χ3v) is 4.07. The van der Waals surface area contributed by atoms with Gasteiger partial charge in [0.1, 0.15) is 5.54 Å². The number of carbonyl (C=O) groups excluding carboxylic acids is 1. The number of aromatic nitrogens is 1. The van der Waals surface area contributed by atoms with Crippen molar-refractivity contribution in [1.29, 1.82) is 0 Å². The normalized spacial score (nSPS) is 31.0. The molecule has 3 heterocycles. The quantitative estimate of drug-likeness (QED) is 0.382. The van der Waals surface area contributed by atoms with Crippen LogP contribution in [0, 0.1) is 0 Å².